The SMILES string of the molecule is CCn1c(S)n[n+](C)c1C. The van der Waals surface area contributed by atoms with Gasteiger partial charge in [0.2, 0.25) is 0 Å². The molecule has 1 aromatic rings. The Balaban J connectivity index is 3.20. The molecule has 0 bridgehead atoms. The van der Waals surface area contributed by atoms with Crippen LogP contribution in [0, 0.1) is 6.92 Å². The van der Waals surface area contributed by atoms with Gasteiger partial charge in [0, 0.05) is 6.92 Å². The molecular weight excluding hydrogens is 146 g/mol. The van der Waals surface area contributed by atoms with Crippen LogP contribution >= 0.6 is 12.6 Å². The van der Waals surface area contributed by atoms with Crippen molar-refractivity contribution in [1.82, 2.24) is 9.67 Å². The first-order valence-electron chi connectivity index (χ1n) is 3.29. The van der Waals surface area contributed by atoms with Gasteiger partial charge in [0.25, 0.3) is 11.0 Å². The molecule has 0 N–H and O–H groups in total. The summed E-state index contributed by atoms with van der Waals surface area (Å²) >= 11 is 4.20. The lowest BCUT2D eigenvalue weighted by atomic mass is 10.6. The number of rotatable bonds is 1. The zero-order chi connectivity index (χ0) is 7.72. The van der Waals surface area contributed by atoms with Crippen LogP contribution in [0.4, 0.5) is 0 Å². The second kappa shape index (κ2) is 2.62. The molecule has 0 aromatic carbocycles. The zero-order valence-electron chi connectivity index (χ0n) is 6.50. The lowest BCUT2D eigenvalue weighted by molar-refractivity contribution is -0.736. The molecule has 0 aliphatic carbocycles. The van der Waals surface area contributed by atoms with Gasteiger partial charge in [-0.25, -0.2) is 4.57 Å². The average Bonchev–Trinajstić information content (AvgIpc) is 2.09. The first kappa shape index (κ1) is 7.60. The monoisotopic (exact) mass is 158 g/mol. The van der Waals surface area contributed by atoms with E-state index in [1.165, 1.54) is 0 Å². The molecule has 1 heterocycles. The van der Waals surface area contributed by atoms with Gasteiger partial charge in [0.1, 0.15) is 7.05 Å². The van der Waals surface area contributed by atoms with Crippen molar-refractivity contribution in [1.29, 1.82) is 0 Å². The number of thiol groups is 1. The minimum Gasteiger partial charge on any atom is -0.206 e. The number of hydrogen-bond acceptors (Lipinski definition) is 2. The van der Waals surface area contributed by atoms with Crippen molar-refractivity contribution in [2.45, 2.75) is 25.5 Å². The molecule has 1 rings (SSSR count). The van der Waals surface area contributed by atoms with Gasteiger partial charge < -0.3 is 0 Å². The van der Waals surface area contributed by atoms with Crippen LogP contribution in [-0.2, 0) is 13.6 Å². The zero-order valence-corrected chi connectivity index (χ0v) is 7.39. The molecule has 4 heteroatoms. The van der Waals surface area contributed by atoms with Crippen molar-refractivity contribution in [2.24, 2.45) is 7.05 Å². The fourth-order valence-electron chi connectivity index (χ4n) is 0.950. The van der Waals surface area contributed by atoms with Gasteiger partial charge in [-0.15, -0.1) is 4.68 Å². The summed E-state index contributed by atoms with van der Waals surface area (Å²) in [6.07, 6.45) is 0. The molecule has 0 spiro atoms. The van der Waals surface area contributed by atoms with Crippen molar-refractivity contribution in [3.8, 4) is 0 Å². The summed E-state index contributed by atoms with van der Waals surface area (Å²) in [7, 11) is 1.92. The predicted molar refractivity (Wildman–Crippen MR) is 41.1 cm³/mol. The fourth-order valence-corrected chi connectivity index (χ4v) is 1.37. The smallest absolute Gasteiger partial charge is 0.206 e. The second-order valence-corrected chi connectivity index (χ2v) is 2.62. The van der Waals surface area contributed by atoms with Gasteiger partial charge in [-0.1, -0.05) is 12.6 Å². The molecule has 0 fully saturated rings. The third kappa shape index (κ3) is 1.03. The van der Waals surface area contributed by atoms with Gasteiger partial charge in [-0.05, 0) is 12.0 Å². The maximum absolute atomic E-state index is 4.20. The summed E-state index contributed by atoms with van der Waals surface area (Å²) in [5.74, 6) is 1.13. The van der Waals surface area contributed by atoms with E-state index in [0.29, 0.717) is 0 Å². The molecule has 0 radical (unpaired) electrons. The quantitative estimate of drug-likeness (QED) is 0.461. The third-order valence-corrected chi connectivity index (χ3v) is 1.99. The van der Waals surface area contributed by atoms with E-state index < -0.39 is 0 Å². The lowest BCUT2D eigenvalue weighted by Gasteiger charge is -1.89. The van der Waals surface area contributed by atoms with Crippen LogP contribution < -0.4 is 4.68 Å². The van der Waals surface area contributed by atoms with Crippen LogP contribution in [0.5, 0.6) is 0 Å². The molecule has 56 valence electrons. The molecule has 0 unspecified atom stereocenters. The minimum atomic E-state index is 0.780. The Labute approximate surface area is 66.1 Å². The summed E-state index contributed by atoms with van der Waals surface area (Å²) in [4.78, 5) is 0. The molecule has 0 saturated carbocycles. The number of aromatic nitrogens is 3. The maximum Gasteiger partial charge on any atom is 0.292 e. The Hall–Kier alpha value is -0.510. The van der Waals surface area contributed by atoms with E-state index in [9.17, 15) is 0 Å². The molecule has 0 aliphatic rings. The van der Waals surface area contributed by atoms with Crippen molar-refractivity contribution in [3.63, 3.8) is 0 Å². The van der Waals surface area contributed by atoms with Gasteiger partial charge in [0.15, 0.2) is 0 Å². The number of hydrogen-bond donors (Lipinski definition) is 1. The van der Waals surface area contributed by atoms with Crippen LogP contribution in [-0.4, -0.2) is 9.67 Å². The highest BCUT2D eigenvalue weighted by molar-refractivity contribution is 7.80. The van der Waals surface area contributed by atoms with E-state index in [2.05, 4.69) is 24.7 Å². The summed E-state index contributed by atoms with van der Waals surface area (Å²) < 4.78 is 3.87. The average molecular weight is 158 g/mol. The molecule has 0 aliphatic heterocycles. The summed E-state index contributed by atoms with van der Waals surface area (Å²) in [5, 5.41) is 4.91. The Morgan fingerprint density at radius 1 is 1.70 bits per heavy atom. The predicted octanol–water partition coefficient (Wildman–Crippen LogP) is 0.325. The number of nitrogens with zero attached hydrogens (tertiary/aromatic N) is 3. The molecule has 0 saturated heterocycles. The molecule has 3 nitrogen and oxygen atoms in total. The molecule has 0 atom stereocenters. The van der Waals surface area contributed by atoms with E-state index in [0.717, 1.165) is 17.5 Å². The Morgan fingerprint density at radius 3 is 2.50 bits per heavy atom. The van der Waals surface area contributed by atoms with Gasteiger partial charge >= 0.3 is 0 Å². The standard InChI is InChI=1S/C6H11N3S/c1-4-9-5(2)8(3)7-6(9)10/h4H2,1-3H3/p+1. The van der Waals surface area contributed by atoms with Crippen molar-refractivity contribution in [3.05, 3.63) is 5.82 Å². The second-order valence-electron chi connectivity index (χ2n) is 2.22. The van der Waals surface area contributed by atoms with Gasteiger partial charge in [-0.2, -0.15) is 0 Å². The first-order chi connectivity index (χ1) is 4.66. The third-order valence-electron chi connectivity index (χ3n) is 1.66. The number of aryl methyl sites for hydroxylation is 1. The van der Waals surface area contributed by atoms with Gasteiger partial charge in [0.05, 0.1) is 6.54 Å². The van der Waals surface area contributed by atoms with E-state index in [1.54, 1.807) is 0 Å². The van der Waals surface area contributed by atoms with Gasteiger partial charge in [-0.3, -0.25) is 0 Å². The Morgan fingerprint density at radius 2 is 2.30 bits per heavy atom. The van der Waals surface area contributed by atoms with Crippen molar-refractivity contribution >= 4 is 12.6 Å². The topological polar surface area (TPSA) is 21.7 Å². The summed E-state index contributed by atoms with van der Waals surface area (Å²) in [6.45, 7) is 5.03. The van der Waals surface area contributed by atoms with Crippen molar-refractivity contribution in [2.75, 3.05) is 0 Å². The van der Waals surface area contributed by atoms with Crippen LogP contribution in [0.2, 0.25) is 0 Å². The van der Waals surface area contributed by atoms with E-state index in [4.69, 9.17) is 0 Å². The highest BCUT2D eigenvalue weighted by Crippen LogP contribution is 2.01. The van der Waals surface area contributed by atoms with E-state index >= 15 is 0 Å². The van der Waals surface area contributed by atoms with Crippen LogP contribution in [0.1, 0.15) is 12.7 Å². The normalized spacial score (nSPS) is 10.4. The molecule has 0 amide bonds. The van der Waals surface area contributed by atoms with Crippen LogP contribution in [0.25, 0.3) is 0 Å². The Bertz CT molecular complexity index is 241. The molecular formula is C6H12N3S+. The fraction of sp³-hybridized carbons (Fsp3) is 0.667. The van der Waals surface area contributed by atoms with Crippen LogP contribution in [0.3, 0.4) is 0 Å². The summed E-state index contributed by atoms with van der Waals surface area (Å²) in [5.41, 5.74) is 0. The van der Waals surface area contributed by atoms with E-state index in [-0.39, 0.29) is 0 Å². The minimum absolute atomic E-state index is 0.780. The lowest BCUT2D eigenvalue weighted by Crippen LogP contribution is -2.33. The molecule has 1 aromatic heterocycles. The Kier molecular flexibility index (Phi) is 1.99. The highest BCUT2D eigenvalue weighted by atomic mass is 32.1. The van der Waals surface area contributed by atoms with E-state index in [1.807, 2.05) is 23.2 Å². The largest absolute Gasteiger partial charge is 0.292 e. The maximum atomic E-state index is 4.20. The van der Waals surface area contributed by atoms with Crippen LogP contribution in [0.15, 0.2) is 5.16 Å². The summed E-state index contributed by atoms with van der Waals surface area (Å²) in [6, 6.07) is 0. The first-order valence-corrected chi connectivity index (χ1v) is 3.74. The highest BCUT2D eigenvalue weighted by Gasteiger charge is 2.13. The van der Waals surface area contributed by atoms with Crippen molar-refractivity contribution < 1.29 is 4.68 Å². The molecule has 10 heavy (non-hydrogen) atoms.